The number of benzene rings is 2. The zero-order chi connectivity index (χ0) is 93.7. The monoisotopic (exact) mass is 1830 g/mol. The summed E-state index contributed by atoms with van der Waals surface area (Å²) in [5.74, 6) is -7.62. The summed E-state index contributed by atoms with van der Waals surface area (Å²) in [4.78, 5) is 111. The highest BCUT2D eigenvalue weighted by Gasteiger charge is 2.50. The number of nitrogens with zero attached hydrogens (tertiary/aromatic N) is 10. The number of piperazine rings is 1. The number of aliphatic hydroxyl groups excluding tert-OH is 2. The van der Waals surface area contributed by atoms with E-state index >= 15 is 13.2 Å². The number of Topliss-reactive ketones (excluding diaryl/α,β-unsaturated/α-hetero) is 3. The van der Waals surface area contributed by atoms with E-state index in [2.05, 4.69) is 20.3 Å². The Balaban J connectivity index is 0.518. The molecule has 4 aliphatic heterocycles. The molecule has 8 heterocycles. The Labute approximate surface area is 763 Å². The summed E-state index contributed by atoms with van der Waals surface area (Å²) < 4.78 is 113. The Kier molecular flexibility index (Phi) is 39.1. The van der Waals surface area contributed by atoms with Crippen LogP contribution >= 0.6 is 0 Å². The van der Waals surface area contributed by atoms with Crippen LogP contribution in [0, 0.1) is 23.7 Å². The zero-order valence-electron chi connectivity index (χ0n) is 76.8. The predicted octanol–water partition coefficient (Wildman–Crippen LogP) is 10.1. The molecular weight excluding hydrogens is 1700 g/mol. The highest BCUT2D eigenvalue weighted by atomic mass is 19.4. The van der Waals surface area contributed by atoms with Gasteiger partial charge in [-0.3, -0.25) is 38.1 Å². The maximum absolute atomic E-state index is 15.0. The molecule has 3 saturated heterocycles. The lowest BCUT2D eigenvalue weighted by Crippen LogP contribution is -2.58. The molecule has 4 aromatic heterocycles. The lowest BCUT2D eigenvalue weighted by atomic mass is 9.81. The molecule has 0 radical (unpaired) electrons. The highest BCUT2D eigenvalue weighted by molar-refractivity contribution is 6.39. The molecule has 0 unspecified atom stereocenters. The van der Waals surface area contributed by atoms with E-state index in [0.717, 1.165) is 78.3 Å². The topological polar surface area (TPSA) is 384 Å². The van der Waals surface area contributed by atoms with Gasteiger partial charge in [-0.05, 0) is 169 Å². The van der Waals surface area contributed by atoms with Crippen molar-refractivity contribution in [2.75, 3.05) is 138 Å². The van der Waals surface area contributed by atoms with Gasteiger partial charge < -0.3 is 87.9 Å². The lowest BCUT2D eigenvalue weighted by Gasteiger charge is -2.40. The number of carbonyl (C=O) groups is 6. The van der Waals surface area contributed by atoms with Crippen LogP contribution in [0.3, 0.4) is 0 Å². The largest absolute Gasteiger partial charge is 0.481 e. The third kappa shape index (κ3) is 28.9. The molecule has 35 heteroatoms. The fraction of sp³-hybridized carbons (Fsp3) is 0.615. The number of aryl methyl sites for hydroxylation is 2. The van der Waals surface area contributed by atoms with E-state index in [0.29, 0.717) is 146 Å². The molecular formula is C96H132F3N11O21. The molecule has 1 aliphatic carbocycles. The quantitative estimate of drug-likeness (QED) is 0.0124. The smallest absolute Gasteiger partial charge is 0.418 e. The second-order valence-electron chi connectivity index (χ2n) is 35.0. The number of aromatic nitrogens is 7. The first-order valence-corrected chi connectivity index (χ1v) is 46.1. The number of unbranched alkanes of at least 4 members (excludes halogenated alkanes) is 1. The van der Waals surface area contributed by atoms with Gasteiger partial charge in [0.1, 0.15) is 30.1 Å². The summed E-state index contributed by atoms with van der Waals surface area (Å²) in [6, 6.07) is 10.9. The first-order valence-electron chi connectivity index (χ1n) is 46.1. The molecule has 4 fully saturated rings. The van der Waals surface area contributed by atoms with Crippen LogP contribution in [0.25, 0.3) is 38.8 Å². The van der Waals surface area contributed by atoms with Gasteiger partial charge in [0.25, 0.3) is 11.7 Å². The number of halogens is 3. The Morgan fingerprint density at radius 3 is 2.08 bits per heavy atom. The summed E-state index contributed by atoms with van der Waals surface area (Å²) in [6.07, 6.45) is 13.9. The molecule has 131 heavy (non-hydrogen) atoms. The van der Waals surface area contributed by atoms with Crippen molar-refractivity contribution in [3.8, 4) is 22.7 Å². The van der Waals surface area contributed by atoms with Crippen molar-refractivity contribution in [1.29, 1.82) is 0 Å². The number of aliphatic hydroxyl groups is 3. The van der Waals surface area contributed by atoms with Gasteiger partial charge >= 0.3 is 17.8 Å². The van der Waals surface area contributed by atoms with Gasteiger partial charge in [0.05, 0.1) is 157 Å². The average Bonchev–Trinajstić information content (AvgIpc) is 1.59. The molecule has 2 amide bonds. The molecule has 32 nitrogen and oxygen atoms in total. The predicted molar refractivity (Wildman–Crippen MR) is 482 cm³/mol. The summed E-state index contributed by atoms with van der Waals surface area (Å²) >= 11 is 0. The SMILES string of the molecule is COc1ccc(-c2ccc3ncc4c(c3c2)n(-c2ccc(N3CCN(C(=O)CCOCCOCCOCCOCCOCCOCCn5cc(CCCCOC6CCC(C[C@@H](N)[C@@H]7CC(=O)[C@H](C)/C=C(\C)[C@@H](O)[C@@H](O)C(=O)[C@H](C)C[C@H](C)/C=C/C=C/C=C(\C)[C@@H](OC)C[C@@H]8CCC[C@@](O)(O8)C(=O)C(=O)N8CCCC[C@H]8C(=O)O7)CC6)nn5)CC3)c(C(F)(F)F)c2)c(=O)n4C)cn1. The number of hydrogen-bond donors (Lipinski definition) is 4. The van der Waals surface area contributed by atoms with Gasteiger partial charge in [-0.25, -0.2) is 19.3 Å². The maximum atomic E-state index is 15.0. The van der Waals surface area contributed by atoms with E-state index in [4.69, 9.17) is 57.8 Å². The average molecular weight is 1830 g/mol. The number of imidazole rings is 1. The van der Waals surface area contributed by atoms with Crippen molar-refractivity contribution >= 4 is 62.8 Å². The number of nitrogens with two attached hydrogens (primary N) is 1. The van der Waals surface area contributed by atoms with Gasteiger partial charge in [0.2, 0.25) is 17.6 Å². The number of piperidine rings is 1. The number of ketones is 3. The number of ether oxygens (including phenoxy) is 11. The van der Waals surface area contributed by atoms with Crippen LogP contribution in [-0.4, -0.2) is 282 Å². The Morgan fingerprint density at radius 1 is 0.718 bits per heavy atom. The fourth-order valence-electron chi connectivity index (χ4n) is 17.7. The number of allylic oxidation sites excluding steroid dienone is 6. The van der Waals surface area contributed by atoms with Crippen molar-refractivity contribution in [2.45, 2.75) is 217 Å². The van der Waals surface area contributed by atoms with Crippen LogP contribution in [-0.2, 0) is 102 Å². The second kappa shape index (κ2) is 50.1. The molecule has 5 aliphatic rings. The normalized spacial score (nSPS) is 25.8. The number of alkyl halides is 3. The third-order valence-electron chi connectivity index (χ3n) is 25.3. The van der Waals surface area contributed by atoms with Crippen molar-refractivity contribution in [3.63, 3.8) is 0 Å². The number of cyclic esters (lactones) is 1. The van der Waals surface area contributed by atoms with Crippen molar-refractivity contribution in [1.82, 2.24) is 43.9 Å². The van der Waals surface area contributed by atoms with E-state index in [1.807, 2.05) is 68.6 Å². The summed E-state index contributed by atoms with van der Waals surface area (Å²) in [6.45, 7) is 14.7. The Morgan fingerprint density at radius 2 is 1.40 bits per heavy atom. The van der Waals surface area contributed by atoms with Crippen LogP contribution in [0.1, 0.15) is 155 Å². The van der Waals surface area contributed by atoms with Gasteiger partial charge in [0.15, 0.2) is 5.78 Å². The fourth-order valence-corrected chi connectivity index (χ4v) is 17.7. The maximum Gasteiger partial charge on any atom is 0.418 e. The third-order valence-corrected chi connectivity index (χ3v) is 25.3. The standard InChI is InChI=1S/C96H132F3N11O21/c1-63-17-10-9-11-18-64(2)83(121-7)58-74-20-16-33-95(120,131-74)91(116)92(117)109-34-14-12-21-80(109)93(118)130-84(59-82(111)65(3)54-67(5)89(114)90(115)88(113)66(4)53-63)77(100)55-68-22-27-73(28-23-68)129-40-15-13-19-71-62-108(104-103-71)39-42-124-44-46-126-48-50-128-52-51-127-49-47-125-45-43-123-41-32-86(112)107-37-35-106(36-38-107)79-30-26-72(57-76(79)96(97,98)99)110-87-75-56-69(70-25-31-85(122-8)102-60-70)24-29-78(75)101-61-81(87)105(6)94(110)119/h9-11,17-18,24-26,29-31,54,56-57,60-63,65-66,68,73-74,77,80,83-84,89-90,114-115,120H,12-16,19-23,27-28,32-53,55,58-59,100H2,1-8H3/b11-9+,17-10+,64-18+,67-54+/t63-,65-,66-,68?,73?,74+,77-,80+,83+,84+,89-,90+,95-/m1/s1. The molecule has 2 aromatic carbocycles. The van der Waals surface area contributed by atoms with Crippen LogP contribution in [0.15, 0.2) is 120 Å². The van der Waals surface area contributed by atoms with Crippen molar-refractivity contribution < 1.29 is 109 Å². The van der Waals surface area contributed by atoms with Crippen molar-refractivity contribution in [2.24, 2.45) is 36.5 Å². The lowest BCUT2D eigenvalue weighted by molar-refractivity contribution is -0.245. The highest BCUT2D eigenvalue weighted by Crippen LogP contribution is 2.41. The first kappa shape index (κ1) is 102. The molecule has 6 aromatic rings. The Hall–Kier alpha value is -9.34. The van der Waals surface area contributed by atoms with Crippen LogP contribution in [0.4, 0.5) is 18.9 Å². The minimum absolute atomic E-state index is 0.0346. The summed E-state index contributed by atoms with van der Waals surface area (Å²) in [5.41, 5.74) is 10.4. The number of rotatable bonds is 35. The van der Waals surface area contributed by atoms with Crippen LogP contribution in [0.2, 0.25) is 0 Å². The second-order valence-corrected chi connectivity index (χ2v) is 35.0. The molecule has 0 spiro atoms. The number of pyridine rings is 2. The van der Waals surface area contributed by atoms with E-state index in [1.165, 1.54) is 41.4 Å². The Bertz CT molecular complexity index is 4920. The number of fused-ring (bicyclic) bond motifs is 6. The summed E-state index contributed by atoms with van der Waals surface area (Å²) in [5, 5.41) is 43.5. The number of hydrogen-bond acceptors (Lipinski definition) is 27. The van der Waals surface area contributed by atoms with E-state index in [1.54, 1.807) is 67.0 Å². The molecule has 11 rings (SSSR count). The van der Waals surface area contributed by atoms with Crippen LogP contribution < -0.4 is 21.1 Å². The van der Waals surface area contributed by atoms with Gasteiger partial charge in [-0.15, -0.1) is 5.10 Å². The van der Waals surface area contributed by atoms with Crippen LogP contribution in [0.5, 0.6) is 5.88 Å². The zero-order valence-corrected chi connectivity index (χ0v) is 76.8. The number of esters is 1. The van der Waals surface area contributed by atoms with Gasteiger partial charge in [-0.2, -0.15) is 13.2 Å². The van der Waals surface area contributed by atoms with Crippen molar-refractivity contribution in [3.05, 3.63) is 136 Å². The van der Waals surface area contributed by atoms with E-state index < -0.39 is 101 Å². The number of carbonyl (C=O) groups excluding carboxylic acids is 6. The number of methoxy groups -OCH3 is 2. The number of amides is 2. The molecule has 2 bridgehead atoms. The molecule has 11 atom stereocenters. The van der Waals surface area contributed by atoms with E-state index in [-0.39, 0.29) is 125 Å². The van der Waals surface area contributed by atoms with E-state index in [9.17, 15) is 48.9 Å². The molecule has 718 valence electrons. The number of anilines is 1. The van der Waals surface area contributed by atoms with Gasteiger partial charge in [-0.1, -0.05) is 68.5 Å². The van der Waals surface area contributed by atoms with Gasteiger partial charge in [0, 0.05) is 126 Å². The minimum atomic E-state index is -4.77. The molecule has 1 saturated carbocycles. The minimum Gasteiger partial charge on any atom is -0.481 e. The first-order chi connectivity index (χ1) is 63.0. The molecule has 5 N–H and O–H groups in total. The summed E-state index contributed by atoms with van der Waals surface area (Å²) in [7, 11) is 4.63.